The lowest BCUT2D eigenvalue weighted by atomic mass is 10.2. The maximum absolute atomic E-state index is 11.5. The highest BCUT2D eigenvalue weighted by Gasteiger charge is 2.25. The second-order valence-electron chi connectivity index (χ2n) is 4.45. The number of halogens is 3. The van der Waals surface area contributed by atoms with Gasteiger partial charge in [-0.25, -0.2) is 4.79 Å². The largest absolute Gasteiger partial charge is 0.478 e. The first-order valence-electron chi connectivity index (χ1n) is 6.65. The number of H-pyrrole nitrogens is 1. The predicted octanol–water partition coefficient (Wildman–Crippen LogP) is 3.68. The monoisotopic (exact) mass is 335 g/mol. The van der Waals surface area contributed by atoms with Crippen LogP contribution in [0.1, 0.15) is 30.1 Å². The van der Waals surface area contributed by atoms with Gasteiger partial charge in [-0.15, -0.1) is 8.58 Å². The highest BCUT2D eigenvalue weighted by atomic mass is 31.1. The van der Waals surface area contributed by atoms with Crippen molar-refractivity contribution in [3.05, 3.63) is 23.8 Å². The Kier molecular flexibility index (Phi) is 7.24. The maximum Gasteiger partial charge on any atom is 0.392 e. The van der Waals surface area contributed by atoms with Gasteiger partial charge in [-0.1, -0.05) is 19.4 Å². The second-order valence-corrected chi connectivity index (χ2v) is 5.80. The summed E-state index contributed by atoms with van der Waals surface area (Å²) in [6.07, 6.45) is -1.88. The van der Waals surface area contributed by atoms with E-state index in [1.54, 1.807) is 12.1 Å². The number of nitrogens with zero attached hydrogens (tertiary/aromatic N) is 2. The van der Waals surface area contributed by atoms with Gasteiger partial charge in [-0.3, -0.25) is 0 Å². The number of hydrogen-bond donors (Lipinski definition) is 2. The minimum atomic E-state index is -3.94. The van der Waals surface area contributed by atoms with Gasteiger partial charge < -0.3 is 5.11 Å². The van der Waals surface area contributed by atoms with Crippen molar-refractivity contribution in [2.24, 2.45) is 0 Å². The molecule has 1 heterocycles. The van der Waals surface area contributed by atoms with Crippen LogP contribution in [0.5, 0.6) is 0 Å². The highest BCUT2D eigenvalue weighted by Crippen LogP contribution is 2.25. The van der Waals surface area contributed by atoms with Crippen LogP contribution in [0.15, 0.2) is 18.2 Å². The van der Waals surface area contributed by atoms with Crippen molar-refractivity contribution < 1.29 is 23.1 Å². The Morgan fingerprint density at radius 1 is 1.36 bits per heavy atom. The molecule has 0 bridgehead atoms. The number of aromatic nitrogens is 3. The molecule has 0 radical (unpaired) electrons. The summed E-state index contributed by atoms with van der Waals surface area (Å²) in [6.45, 7) is 1.98. The van der Waals surface area contributed by atoms with Gasteiger partial charge in [0.1, 0.15) is 11.0 Å². The van der Waals surface area contributed by atoms with Crippen molar-refractivity contribution in [2.45, 2.75) is 25.9 Å². The van der Waals surface area contributed by atoms with Crippen molar-refractivity contribution in [3.8, 4) is 0 Å². The van der Waals surface area contributed by atoms with Crippen molar-refractivity contribution in [1.82, 2.24) is 15.4 Å². The zero-order valence-electron chi connectivity index (χ0n) is 11.9. The molecular formula is C13H17F3N3O2P. The Morgan fingerprint density at radius 2 is 2.09 bits per heavy atom. The van der Waals surface area contributed by atoms with E-state index in [9.17, 15) is 18.0 Å². The lowest BCUT2D eigenvalue weighted by Gasteiger charge is -2.04. The number of carboxylic acids is 1. The average molecular weight is 335 g/mol. The number of carboxylic acid groups (broad SMARTS) is 1. The molecule has 0 saturated carbocycles. The molecule has 0 fully saturated rings. The number of carbonyl (C=O) groups is 1. The summed E-state index contributed by atoms with van der Waals surface area (Å²) < 4.78 is 34.5. The minimum absolute atomic E-state index is 0.0654. The van der Waals surface area contributed by atoms with Gasteiger partial charge in [0, 0.05) is 0 Å². The van der Waals surface area contributed by atoms with Gasteiger partial charge >= 0.3 is 12.1 Å². The summed E-state index contributed by atoms with van der Waals surface area (Å²) in [5.41, 5.74) is 1.13. The molecular weight excluding hydrogens is 318 g/mol. The molecule has 0 aliphatic carbocycles. The first-order valence-corrected chi connectivity index (χ1v) is 8.07. The standard InChI is InChI=1S/C7H5N3O2.C6H12F3P/c11-7(12)4-2-1-3-5-6(4)9-10-8-5;1-2-3-4-10-5-6(7,8)9/h1-3H,(H,11,12)(H,8,9,10);10H,2-5H2,1H3. The molecule has 22 heavy (non-hydrogen) atoms. The summed E-state index contributed by atoms with van der Waals surface area (Å²) in [7, 11) is 0.0654. The smallest absolute Gasteiger partial charge is 0.392 e. The lowest BCUT2D eigenvalue weighted by Crippen LogP contribution is -2.09. The van der Waals surface area contributed by atoms with Gasteiger partial charge in [0.15, 0.2) is 0 Å². The van der Waals surface area contributed by atoms with E-state index in [0.717, 1.165) is 19.0 Å². The van der Waals surface area contributed by atoms with Crippen LogP contribution >= 0.6 is 8.58 Å². The number of aromatic amines is 1. The van der Waals surface area contributed by atoms with Crippen molar-refractivity contribution >= 4 is 25.6 Å². The number of nitrogens with one attached hydrogen (secondary N) is 1. The second kappa shape index (κ2) is 8.68. The Balaban J connectivity index is 0.000000225. The Bertz CT molecular complexity index is 601. The Labute approximate surface area is 127 Å². The van der Waals surface area contributed by atoms with Crippen LogP contribution in [0.2, 0.25) is 0 Å². The van der Waals surface area contributed by atoms with Gasteiger partial charge in [0.25, 0.3) is 0 Å². The van der Waals surface area contributed by atoms with E-state index < -0.39 is 18.3 Å². The number of alkyl halides is 3. The zero-order chi connectivity index (χ0) is 16.6. The third kappa shape index (κ3) is 6.39. The highest BCUT2D eigenvalue weighted by molar-refractivity contribution is 7.38. The molecule has 0 aliphatic rings. The van der Waals surface area contributed by atoms with E-state index in [1.807, 2.05) is 6.92 Å². The predicted molar refractivity (Wildman–Crippen MR) is 79.9 cm³/mol. The molecule has 1 atom stereocenters. The van der Waals surface area contributed by atoms with Crippen molar-refractivity contribution in [3.63, 3.8) is 0 Å². The van der Waals surface area contributed by atoms with Crippen LogP contribution in [0, 0.1) is 0 Å². The number of para-hydroxylation sites is 1. The maximum atomic E-state index is 11.5. The fourth-order valence-corrected chi connectivity index (χ4v) is 2.64. The van der Waals surface area contributed by atoms with E-state index in [2.05, 4.69) is 15.4 Å². The van der Waals surface area contributed by atoms with Crippen LogP contribution in [0.3, 0.4) is 0 Å². The van der Waals surface area contributed by atoms with E-state index in [-0.39, 0.29) is 14.1 Å². The number of benzene rings is 1. The average Bonchev–Trinajstić information content (AvgIpc) is 2.91. The number of aromatic carboxylic acids is 1. The molecule has 0 spiro atoms. The molecule has 122 valence electrons. The summed E-state index contributed by atoms with van der Waals surface area (Å²) in [5.74, 6) is -0.991. The quantitative estimate of drug-likeness (QED) is 0.645. The summed E-state index contributed by atoms with van der Waals surface area (Å²) >= 11 is 0. The van der Waals surface area contributed by atoms with Gasteiger partial charge in [-0.05, 0) is 24.7 Å². The van der Waals surface area contributed by atoms with Crippen LogP contribution in [0.4, 0.5) is 13.2 Å². The Morgan fingerprint density at radius 3 is 2.68 bits per heavy atom. The molecule has 2 N–H and O–H groups in total. The van der Waals surface area contributed by atoms with E-state index >= 15 is 0 Å². The molecule has 0 aliphatic heterocycles. The number of rotatable bonds is 5. The summed E-state index contributed by atoms with van der Waals surface area (Å²) in [6, 6.07) is 4.83. The van der Waals surface area contributed by atoms with Crippen molar-refractivity contribution in [1.29, 1.82) is 0 Å². The Hall–Kier alpha value is -1.69. The van der Waals surface area contributed by atoms with E-state index in [0.29, 0.717) is 11.0 Å². The molecule has 0 saturated heterocycles. The molecule has 1 unspecified atom stereocenters. The fourth-order valence-electron chi connectivity index (χ4n) is 1.57. The molecule has 2 aromatic rings. The number of fused-ring (bicyclic) bond motifs is 1. The SMILES string of the molecule is CCCCPCC(F)(F)F.O=C(O)c1cccc2n[nH]nc12. The van der Waals surface area contributed by atoms with E-state index in [1.165, 1.54) is 6.07 Å². The van der Waals surface area contributed by atoms with Crippen LogP contribution in [-0.2, 0) is 0 Å². The number of unbranched alkanes of at least 4 members (excludes halogenated alkanes) is 1. The molecule has 5 nitrogen and oxygen atoms in total. The lowest BCUT2D eigenvalue weighted by molar-refractivity contribution is -0.105. The van der Waals surface area contributed by atoms with Crippen LogP contribution < -0.4 is 0 Å². The topological polar surface area (TPSA) is 78.9 Å². The molecule has 0 amide bonds. The molecule has 1 aromatic carbocycles. The van der Waals surface area contributed by atoms with Crippen molar-refractivity contribution in [2.75, 3.05) is 12.3 Å². The van der Waals surface area contributed by atoms with Gasteiger partial charge in [0.2, 0.25) is 0 Å². The van der Waals surface area contributed by atoms with Gasteiger partial charge in [-0.2, -0.15) is 28.6 Å². The normalized spacial score (nSPS) is 11.6. The first-order chi connectivity index (χ1) is 10.3. The summed E-state index contributed by atoms with van der Waals surface area (Å²) in [5, 5.41) is 18.6. The third-order valence-electron chi connectivity index (χ3n) is 2.61. The zero-order valence-corrected chi connectivity index (χ0v) is 12.9. The van der Waals surface area contributed by atoms with Gasteiger partial charge in [0.05, 0.1) is 11.7 Å². The van der Waals surface area contributed by atoms with Crippen LogP contribution in [-0.4, -0.2) is 45.0 Å². The van der Waals surface area contributed by atoms with Crippen LogP contribution in [0.25, 0.3) is 11.0 Å². The minimum Gasteiger partial charge on any atom is -0.478 e. The molecule has 2 rings (SSSR count). The summed E-state index contributed by atoms with van der Waals surface area (Å²) in [4.78, 5) is 10.6. The third-order valence-corrected chi connectivity index (χ3v) is 3.97. The fraction of sp³-hybridized carbons (Fsp3) is 0.462. The van der Waals surface area contributed by atoms with E-state index in [4.69, 9.17) is 5.11 Å². The number of hydrogen-bond acceptors (Lipinski definition) is 3. The first kappa shape index (κ1) is 18.4. The molecule has 1 aromatic heterocycles. The molecule has 9 heteroatoms.